The molecule has 0 atom stereocenters. The molecular formula is C19H20BrNO3. The van der Waals surface area contributed by atoms with Crippen LogP contribution >= 0.6 is 15.9 Å². The van der Waals surface area contributed by atoms with Crippen molar-refractivity contribution in [2.75, 3.05) is 6.54 Å². The number of ether oxygens (including phenoxy) is 2. The number of amides is 1. The Hall–Kier alpha value is -2.01. The highest BCUT2D eigenvalue weighted by atomic mass is 79.9. The summed E-state index contributed by atoms with van der Waals surface area (Å²) in [5.41, 5.74) is 1.45. The first-order chi connectivity index (χ1) is 11.4. The zero-order chi connectivity index (χ0) is 17.2. The molecule has 3 rings (SSSR count). The zero-order valence-electron chi connectivity index (χ0n) is 13.8. The lowest BCUT2D eigenvalue weighted by atomic mass is 10.1. The Balaban J connectivity index is 1.75. The SMILES string of the molecule is CC1(C)CN(C(=O)OCc2ccccc2)Cc2cc(Br)ccc2O1. The van der Waals surface area contributed by atoms with Gasteiger partial charge < -0.3 is 9.47 Å². The fraction of sp³-hybridized carbons (Fsp3) is 0.316. The van der Waals surface area contributed by atoms with Crippen molar-refractivity contribution in [2.24, 2.45) is 0 Å². The van der Waals surface area contributed by atoms with Gasteiger partial charge in [-0.05, 0) is 37.6 Å². The van der Waals surface area contributed by atoms with Gasteiger partial charge in [-0.1, -0.05) is 46.3 Å². The van der Waals surface area contributed by atoms with Crippen molar-refractivity contribution in [1.29, 1.82) is 0 Å². The predicted molar refractivity (Wildman–Crippen MR) is 95.9 cm³/mol. The number of carbonyl (C=O) groups excluding carboxylic acids is 1. The van der Waals surface area contributed by atoms with Crippen molar-refractivity contribution in [3.05, 3.63) is 64.1 Å². The first-order valence-electron chi connectivity index (χ1n) is 7.86. The van der Waals surface area contributed by atoms with E-state index in [0.717, 1.165) is 21.3 Å². The van der Waals surface area contributed by atoms with Gasteiger partial charge in [0.05, 0.1) is 13.1 Å². The maximum Gasteiger partial charge on any atom is 0.410 e. The summed E-state index contributed by atoms with van der Waals surface area (Å²) < 4.78 is 12.5. The van der Waals surface area contributed by atoms with E-state index in [1.54, 1.807) is 4.90 Å². The molecule has 126 valence electrons. The van der Waals surface area contributed by atoms with E-state index in [1.165, 1.54) is 0 Å². The molecular weight excluding hydrogens is 370 g/mol. The van der Waals surface area contributed by atoms with Crippen molar-refractivity contribution >= 4 is 22.0 Å². The minimum Gasteiger partial charge on any atom is -0.486 e. The average molecular weight is 390 g/mol. The van der Waals surface area contributed by atoms with E-state index in [4.69, 9.17) is 9.47 Å². The highest BCUT2D eigenvalue weighted by Crippen LogP contribution is 2.31. The molecule has 0 aliphatic carbocycles. The van der Waals surface area contributed by atoms with Gasteiger partial charge in [-0.25, -0.2) is 4.79 Å². The van der Waals surface area contributed by atoms with Crippen LogP contribution in [-0.4, -0.2) is 23.1 Å². The summed E-state index contributed by atoms with van der Waals surface area (Å²) in [5.74, 6) is 0.807. The van der Waals surface area contributed by atoms with Gasteiger partial charge in [0.25, 0.3) is 0 Å². The van der Waals surface area contributed by atoms with Crippen LogP contribution in [0.2, 0.25) is 0 Å². The molecule has 0 fully saturated rings. The molecule has 1 heterocycles. The van der Waals surface area contributed by atoms with Gasteiger partial charge in [0.2, 0.25) is 0 Å². The van der Waals surface area contributed by atoms with Crippen molar-refractivity contribution in [3.63, 3.8) is 0 Å². The Bertz CT molecular complexity index is 731. The molecule has 1 aliphatic heterocycles. The van der Waals surface area contributed by atoms with Crippen LogP contribution in [0.1, 0.15) is 25.0 Å². The molecule has 0 unspecified atom stereocenters. The predicted octanol–water partition coefficient (Wildman–Crippen LogP) is 4.76. The number of rotatable bonds is 2. The Kier molecular flexibility index (Phi) is 4.81. The van der Waals surface area contributed by atoms with E-state index >= 15 is 0 Å². The van der Waals surface area contributed by atoms with Crippen LogP contribution in [0.15, 0.2) is 53.0 Å². The second kappa shape index (κ2) is 6.85. The smallest absolute Gasteiger partial charge is 0.410 e. The molecule has 0 saturated carbocycles. The standard InChI is InChI=1S/C19H20BrNO3/c1-19(2)13-21(11-15-10-16(20)8-9-17(15)24-19)18(22)23-12-14-6-4-3-5-7-14/h3-10H,11-13H2,1-2H3. The van der Waals surface area contributed by atoms with Crippen LogP contribution in [0, 0.1) is 0 Å². The number of nitrogens with zero attached hydrogens (tertiary/aromatic N) is 1. The molecule has 0 spiro atoms. The zero-order valence-corrected chi connectivity index (χ0v) is 15.4. The van der Waals surface area contributed by atoms with Gasteiger partial charge >= 0.3 is 6.09 Å². The van der Waals surface area contributed by atoms with Crippen molar-refractivity contribution in [1.82, 2.24) is 4.90 Å². The molecule has 24 heavy (non-hydrogen) atoms. The Labute approximate surface area is 150 Å². The number of hydrogen-bond acceptors (Lipinski definition) is 3. The number of halogens is 1. The quantitative estimate of drug-likeness (QED) is 0.742. The lowest BCUT2D eigenvalue weighted by Crippen LogP contribution is -2.43. The molecule has 0 radical (unpaired) electrons. The molecule has 0 saturated heterocycles. The molecule has 0 N–H and O–H groups in total. The van der Waals surface area contributed by atoms with E-state index in [9.17, 15) is 4.79 Å². The minimum atomic E-state index is -0.481. The Morgan fingerprint density at radius 3 is 2.75 bits per heavy atom. The fourth-order valence-corrected chi connectivity index (χ4v) is 3.17. The van der Waals surface area contributed by atoms with E-state index in [-0.39, 0.29) is 12.7 Å². The molecule has 1 amide bonds. The summed E-state index contributed by atoms with van der Waals surface area (Å²) in [6.45, 7) is 5.14. The van der Waals surface area contributed by atoms with Crippen LogP contribution in [-0.2, 0) is 17.9 Å². The first-order valence-corrected chi connectivity index (χ1v) is 8.65. The summed E-state index contributed by atoms with van der Waals surface area (Å²) in [6.07, 6.45) is -0.330. The van der Waals surface area contributed by atoms with Crippen LogP contribution in [0.5, 0.6) is 5.75 Å². The number of fused-ring (bicyclic) bond motifs is 1. The maximum absolute atomic E-state index is 12.5. The molecule has 4 nitrogen and oxygen atoms in total. The second-order valence-corrected chi connectivity index (χ2v) is 7.43. The van der Waals surface area contributed by atoms with E-state index in [0.29, 0.717) is 13.1 Å². The second-order valence-electron chi connectivity index (χ2n) is 6.51. The van der Waals surface area contributed by atoms with Crippen LogP contribution in [0.25, 0.3) is 0 Å². The van der Waals surface area contributed by atoms with Crippen LogP contribution in [0.4, 0.5) is 4.79 Å². The highest BCUT2D eigenvalue weighted by Gasteiger charge is 2.32. The minimum absolute atomic E-state index is 0.267. The number of carbonyl (C=O) groups is 1. The Morgan fingerprint density at radius 1 is 1.25 bits per heavy atom. The monoisotopic (exact) mass is 389 g/mol. The molecule has 0 bridgehead atoms. The molecule has 5 heteroatoms. The van der Waals surface area contributed by atoms with Gasteiger partial charge in [0, 0.05) is 10.0 Å². The average Bonchev–Trinajstić information content (AvgIpc) is 2.68. The summed E-state index contributed by atoms with van der Waals surface area (Å²) in [4.78, 5) is 14.2. The molecule has 0 aromatic heterocycles. The largest absolute Gasteiger partial charge is 0.486 e. The summed E-state index contributed by atoms with van der Waals surface area (Å²) in [6, 6.07) is 15.5. The lowest BCUT2D eigenvalue weighted by molar-refractivity contribution is 0.0499. The third-order valence-corrected chi connectivity index (χ3v) is 4.30. The van der Waals surface area contributed by atoms with Gasteiger partial charge in [-0.15, -0.1) is 0 Å². The normalized spacial score (nSPS) is 15.9. The van der Waals surface area contributed by atoms with Crippen molar-refractivity contribution in [3.8, 4) is 5.75 Å². The lowest BCUT2D eigenvalue weighted by Gasteiger charge is -2.29. The number of hydrogen-bond donors (Lipinski definition) is 0. The first kappa shape index (κ1) is 16.8. The van der Waals surface area contributed by atoms with Crippen molar-refractivity contribution < 1.29 is 14.3 Å². The van der Waals surface area contributed by atoms with E-state index in [2.05, 4.69) is 15.9 Å². The van der Waals surface area contributed by atoms with E-state index < -0.39 is 5.60 Å². The summed E-state index contributed by atoms with van der Waals surface area (Å²) >= 11 is 3.47. The van der Waals surface area contributed by atoms with Crippen LogP contribution < -0.4 is 4.74 Å². The molecule has 2 aromatic carbocycles. The van der Waals surface area contributed by atoms with Gasteiger partial charge in [-0.3, -0.25) is 4.90 Å². The van der Waals surface area contributed by atoms with Gasteiger partial charge in [-0.2, -0.15) is 0 Å². The molecule has 2 aromatic rings. The number of benzene rings is 2. The third kappa shape index (κ3) is 4.09. The van der Waals surface area contributed by atoms with E-state index in [1.807, 2.05) is 62.4 Å². The van der Waals surface area contributed by atoms with Crippen molar-refractivity contribution in [2.45, 2.75) is 32.6 Å². The maximum atomic E-state index is 12.5. The summed E-state index contributed by atoms with van der Waals surface area (Å²) in [7, 11) is 0. The van der Waals surface area contributed by atoms with Gasteiger partial charge in [0.15, 0.2) is 0 Å². The highest BCUT2D eigenvalue weighted by molar-refractivity contribution is 9.10. The molecule has 1 aliphatic rings. The summed E-state index contributed by atoms with van der Waals surface area (Å²) in [5, 5.41) is 0. The fourth-order valence-electron chi connectivity index (χ4n) is 2.76. The Morgan fingerprint density at radius 2 is 2.00 bits per heavy atom. The topological polar surface area (TPSA) is 38.8 Å². The van der Waals surface area contributed by atoms with Gasteiger partial charge in [0.1, 0.15) is 18.0 Å². The van der Waals surface area contributed by atoms with Crippen LogP contribution in [0.3, 0.4) is 0 Å². The third-order valence-electron chi connectivity index (χ3n) is 3.80.